The van der Waals surface area contributed by atoms with E-state index < -0.39 is 0 Å². The number of nitrogens with zero attached hydrogens (tertiary/aromatic N) is 1. The van der Waals surface area contributed by atoms with Crippen LogP contribution in [0.2, 0.25) is 0 Å². The predicted octanol–water partition coefficient (Wildman–Crippen LogP) is 2.22. The fourth-order valence-electron chi connectivity index (χ4n) is 2.17. The summed E-state index contributed by atoms with van der Waals surface area (Å²) >= 11 is 0. The van der Waals surface area contributed by atoms with Crippen molar-refractivity contribution in [2.45, 2.75) is 6.92 Å². The number of rotatable bonds is 1. The Morgan fingerprint density at radius 2 is 2.00 bits per heavy atom. The number of fused-ring (bicyclic) bond motifs is 3. The molecule has 2 aromatic rings. The van der Waals surface area contributed by atoms with Crippen LogP contribution < -0.4 is 0 Å². The molecule has 0 amide bonds. The number of hydrogen-bond acceptors (Lipinski definition) is 2. The van der Waals surface area contributed by atoms with E-state index in [-0.39, 0.29) is 11.6 Å². The van der Waals surface area contributed by atoms with Gasteiger partial charge < -0.3 is 4.57 Å². The second-order valence-electron chi connectivity index (χ2n) is 3.85. The smallest absolute Gasteiger partial charge is 0.211 e. The van der Waals surface area contributed by atoms with Gasteiger partial charge in [-0.3, -0.25) is 9.59 Å². The first-order valence-corrected chi connectivity index (χ1v) is 5.06. The molecule has 0 saturated carbocycles. The van der Waals surface area contributed by atoms with Crippen molar-refractivity contribution in [1.29, 1.82) is 0 Å². The van der Waals surface area contributed by atoms with Gasteiger partial charge in [-0.25, -0.2) is 0 Å². The van der Waals surface area contributed by atoms with Crippen molar-refractivity contribution < 1.29 is 9.59 Å². The van der Waals surface area contributed by atoms with Crippen molar-refractivity contribution in [3.05, 3.63) is 53.3 Å². The molecule has 1 aromatic heterocycles. The molecule has 0 unspecified atom stereocenters. The van der Waals surface area contributed by atoms with Crippen LogP contribution in [0.1, 0.15) is 33.3 Å². The van der Waals surface area contributed by atoms with Crippen LogP contribution in [-0.4, -0.2) is 16.1 Å². The Bertz CT molecular complexity index is 623. The third-order valence-corrected chi connectivity index (χ3v) is 2.88. The number of para-hydroxylation sites is 1. The molecule has 3 nitrogen and oxygen atoms in total. The van der Waals surface area contributed by atoms with Gasteiger partial charge in [-0.1, -0.05) is 6.07 Å². The lowest BCUT2D eigenvalue weighted by molar-refractivity contribution is 0.101. The molecule has 0 atom stereocenters. The van der Waals surface area contributed by atoms with Crippen molar-refractivity contribution in [1.82, 2.24) is 4.57 Å². The Morgan fingerprint density at radius 1 is 1.19 bits per heavy atom. The first-order valence-electron chi connectivity index (χ1n) is 5.06. The average Bonchev–Trinajstić information content (AvgIpc) is 2.83. The summed E-state index contributed by atoms with van der Waals surface area (Å²) in [6.07, 6.45) is 1.81. The molecule has 16 heavy (non-hydrogen) atoms. The molecule has 1 aromatic carbocycles. The van der Waals surface area contributed by atoms with Crippen molar-refractivity contribution >= 4 is 11.6 Å². The zero-order valence-electron chi connectivity index (χ0n) is 8.73. The van der Waals surface area contributed by atoms with E-state index in [1.807, 2.05) is 12.3 Å². The molecule has 0 bridgehead atoms. The summed E-state index contributed by atoms with van der Waals surface area (Å²) in [6, 6.07) is 8.85. The summed E-state index contributed by atoms with van der Waals surface area (Å²) in [6.45, 7) is 1.52. The summed E-state index contributed by atoms with van der Waals surface area (Å²) in [5.41, 5.74) is 2.56. The molecule has 1 aliphatic rings. The van der Waals surface area contributed by atoms with Gasteiger partial charge in [0, 0.05) is 17.3 Å². The summed E-state index contributed by atoms with van der Waals surface area (Å²) in [7, 11) is 0. The van der Waals surface area contributed by atoms with Crippen molar-refractivity contribution in [2.24, 2.45) is 0 Å². The molecule has 0 saturated heterocycles. The van der Waals surface area contributed by atoms with Crippen molar-refractivity contribution in [2.75, 3.05) is 0 Å². The van der Waals surface area contributed by atoms with Crippen LogP contribution in [-0.2, 0) is 0 Å². The van der Waals surface area contributed by atoms with Gasteiger partial charge in [0.15, 0.2) is 5.78 Å². The zero-order valence-corrected chi connectivity index (χ0v) is 8.73. The van der Waals surface area contributed by atoms with Gasteiger partial charge in [0.1, 0.15) is 0 Å². The molecule has 0 spiro atoms. The van der Waals surface area contributed by atoms with E-state index in [9.17, 15) is 9.59 Å². The van der Waals surface area contributed by atoms with Crippen LogP contribution in [0, 0.1) is 0 Å². The molecule has 0 N–H and O–H groups in total. The van der Waals surface area contributed by atoms with Crippen LogP contribution in [0.4, 0.5) is 0 Å². The highest BCUT2D eigenvalue weighted by atomic mass is 16.1. The largest absolute Gasteiger partial charge is 0.312 e. The van der Waals surface area contributed by atoms with Gasteiger partial charge in [-0.2, -0.15) is 0 Å². The lowest BCUT2D eigenvalue weighted by Gasteiger charge is -2.06. The monoisotopic (exact) mass is 211 g/mol. The molecule has 3 rings (SSSR count). The second kappa shape index (κ2) is 2.92. The Balaban J connectivity index is 2.42. The Hall–Kier alpha value is -2.16. The van der Waals surface area contributed by atoms with Gasteiger partial charge >= 0.3 is 0 Å². The summed E-state index contributed by atoms with van der Waals surface area (Å²) in [5.74, 6) is -0.0331. The normalized spacial score (nSPS) is 12.4. The highest BCUT2D eigenvalue weighted by Crippen LogP contribution is 2.30. The van der Waals surface area contributed by atoms with E-state index in [2.05, 4.69) is 0 Å². The summed E-state index contributed by atoms with van der Waals surface area (Å²) in [5, 5.41) is 0. The third kappa shape index (κ3) is 0.972. The van der Waals surface area contributed by atoms with E-state index in [4.69, 9.17) is 0 Å². The minimum Gasteiger partial charge on any atom is -0.312 e. The quantitative estimate of drug-likeness (QED) is 0.579. The average molecular weight is 211 g/mol. The van der Waals surface area contributed by atoms with Crippen molar-refractivity contribution in [3.8, 4) is 5.69 Å². The molecular weight excluding hydrogens is 202 g/mol. The maximum atomic E-state index is 12.0. The van der Waals surface area contributed by atoms with Crippen LogP contribution in [0.3, 0.4) is 0 Å². The molecule has 0 radical (unpaired) electrons. The minimum absolute atomic E-state index is 0.0110. The van der Waals surface area contributed by atoms with Gasteiger partial charge in [0.25, 0.3) is 0 Å². The number of aromatic nitrogens is 1. The van der Waals surface area contributed by atoms with Gasteiger partial charge in [0.05, 0.1) is 11.4 Å². The molecule has 0 fully saturated rings. The predicted molar refractivity (Wildman–Crippen MR) is 59.2 cm³/mol. The van der Waals surface area contributed by atoms with Gasteiger partial charge in [0.2, 0.25) is 5.78 Å². The standard InChI is InChI=1S/C13H9NO2/c1-8(15)9-4-2-5-10-12(9)14-7-3-6-11(14)13(10)16/h2-7H,1H3. The van der Waals surface area contributed by atoms with Gasteiger partial charge in [-0.15, -0.1) is 0 Å². The molecule has 2 heterocycles. The number of benzene rings is 1. The number of carbonyl (C=O) groups excluding carboxylic acids is 2. The fourth-order valence-corrected chi connectivity index (χ4v) is 2.17. The number of hydrogen-bond donors (Lipinski definition) is 0. The van der Waals surface area contributed by atoms with Crippen molar-refractivity contribution in [3.63, 3.8) is 0 Å². The number of Topliss-reactive ketones (excluding diaryl/α,β-unsaturated/α-hetero) is 1. The molecule has 0 aliphatic carbocycles. The topological polar surface area (TPSA) is 39.1 Å². The Morgan fingerprint density at radius 3 is 2.75 bits per heavy atom. The van der Waals surface area contributed by atoms with Crippen LogP contribution in [0.25, 0.3) is 5.69 Å². The number of carbonyl (C=O) groups is 2. The first kappa shape index (κ1) is 9.09. The van der Waals surface area contributed by atoms with Crippen LogP contribution >= 0.6 is 0 Å². The van der Waals surface area contributed by atoms with E-state index in [1.165, 1.54) is 6.92 Å². The molecule has 1 aliphatic heterocycles. The zero-order chi connectivity index (χ0) is 11.3. The number of ketones is 2. The lowest BCUT2D eigenvalue weighted by atomic mass is 10.0. The van der Waals surface area contributed by atoms with E-state index >= 15 is 0 Å². The second-order valence-corrected chi connectivity index (χ2v) is 3.85. The third-order valence-electron chi connectivity index (χ3n) is 2.88. The SMILES string of the molecule is CC(=O)c1cccc2c1-n1cccc1C2=O. The first-order chi connectivity index (χ1) is 7.70. The van der Waals surface area contributed by atoms with E-state index in [0.29, 0.717) is 16.8 Å². The minimum atomic E-state index is -0.0220. The summed E-state index contributed by atoms with van der Waals surface area (Å²) < 4.78 is 1.79. The molecule has 78 valence electrons. The molecular formula is C13H9NO2. The molecule has 3 heteroatoms. The highest BCUT2D eigenvalue weighted by molar-refractivity contribution is 6.16. The maximum absolute atomic E-state index is 12.0. The summed E-state index contributed by atoms with van der Waals surface area (Å²) in [4.78, 5) is 23.5. The fraction of sp³-hybridized carbons (Fsp3) is 0.0769. The van der Waals surface area contributed by atoms with E-state index in [0.717, 1.165) is 5.69 Å². The maximum Gasteiger partial charge on any atom is 0.211 e. The lowest BCUT2D eigenvalue weighted by Crippen LogP contribution is -2.01. The van der Waals surface area contributed by atoms with E-state index in [1.54, 1.807) is 28.8 Å². The Kier molecular flexibility index (Phi) is 1.66. The van der Waals surface area contributed by atoms with Crippen LogP contribution in [0.15, 0.2) is 36.5 Å². The highest BCUT2D eigenvalue weighted by Gasteiger charge is 2.28. The Labute approximate surface area is 92.3 Å². The van der Waals surface area contributed by atoms with Crippen LogP contribution in [0.5, 0.6) is 0 Å². The van der Waals surface area contributed by atoms with Gasteiger partial charge in [-0.05, 0) is 31.2 Å².